The number of nitrogens with zero attached hydrogens (tertiary/aromatic N) is 3. The number of benzene rings is 1. The van der Waals surface area contributed by atoms with Gasteiger partial charge >= 0.3 is 0 Å². The molecule has 1 fully saturated rings. The van der Waals surface area contributed by atoms with E-state index in [0.717, 1.165) is 18.9 Å². The van der Waals surface area contributed by atoms with Crippen LogP contribution in [0.5, 0.6) is 5.75 Å². The van der Waals surface area contributed by atoms with Crippen molar-refractivity contribution < 1.29 is 9.53 Å². The smallest absolute Gasteiger partial charge is 0.243 e. The van der Waals surface area contributed by atoms with E-state index < -0.39 is 0 Å². The first-order valence-corrected chi connectivity index (χ1v) is 10.5. The minimum atomic E-state index is -0.0292. The highest BCUT2D eigenvalue weighted by Gasteiger charge is 2.27. The van der Waals surface area contributed by atoms with E-state index in [9.17, 15) is 4.79 Å². The molecule has 1 N–H and O–H groups in total. The molecule has 2 heterocycles. The molecule has 150 valence electrons. The van der Waals surface area contributed by atoms with Gasteiger partial charge in [0.2, 0.25) is 5.91 Å². The Morgan fingerprint density at radius 3 is 2.89 bits per heavy atom. The third-order valence-electron chi connectivity index (χ3n) is 4.44. The van der Waals surface area contributed by atoms with Gasteiger partial charge in [-0.3, -0.25) is 4.79 Å². The number of guanidine groups is 1. The first kappa shape index (κ1) is 20.5. The zero-order chi connectivity index (χ0) is 19.9. The molecule has 3 rings (SSSR count). The minimum Gasteiger partial charge on any atom is -0.487 e. The zero-order valence-electron chi connectivity index (χ0n) is 16.1. The Bertz CT molecular complexity index is 810. The third-order valence-corrected chi connectivity index (χ3v) is 5.63. The second-order valence-electron chi connectivity index (χ2n) is 6.77. The lowest BCUT2D eigenvalue weighted by Crippen LogP contribution is -2.41. The maximum atomic E-state index is 12.0. The van der Waals surface area contributed by atoms with Gasteiger partial charge in [0, 0.05) is 31.9 Å². The van der Waals surface area contributed by atoms with Crippen molar-refractivity contribution in [1.82, 2.24) is 15.1 Å². The Morgan fingerprint density at radius 2 is 2.18 bits per heavy atom. The van der Waals surface area contributed by atoms with Crippen molar-refractivity contribution in [3.05, 3.63) is 51.7 Å². The molecule has 1 unspecified atom stereocenters. The topological polar surface area (TPSA) is 57.2 Å². The van der Waals surface area contributed by atoms with Gasteiger partial charge in [-0.2, -0.15) is 0 Å². The first-order valence-electron chi connectivity index (χ1n) is 9.20. The van der Waals surface area contributed by atoms with Crippen LogP contribution in [0.4, 0.5) is 0 Å². The van der Waals surface area contributed by atoms with E-state index in [4.69, 9.17) is 16.3 Å². The number of carbonyl (C=O) groups excluding carboxylic acids is 1. The molecule has 28 heavy (non-hydrogen) atoms. The van der Waals surface area contributed by atoms with Crippen LogP contribution in [0.2, 0.25) is 5.02 Å². The number of thiophene rings is 1. The normalized spacial score (nSPS) is 16.9. The predicted molar refractivity (Wildman–Crippen MR) is 114 cm³/mol. The van der Waals surface area contributed by atoms with Crippen LogP contribution < -0.4 is 10.1 Å². The summed E-state index contributed by atoms with van der Waals surface area (Å²) < 4.78 is 6.07. The number of para-hydroxylation sites is 1. The van der Waals surface area contributed by atoms with Crippen LogP contribution in [0.1, 0.15) is 11.3 Å². The van der Waals surface area contributed by atoms with E-state index in [1.165, 1.54) is 4.88 Å². The fourth-order valence-electron chi connectivity index (χ4n) is 2.87. The molecule has 6 nitrogen and oxygen atoms in total. The molecule has 0 spiro atoms. The van der Waals surface area contributed by atoms with Crippen LogP contribution in [0, 0.1) is 0 Å². The van der Waals surface area contributed by atoms with E-state index in [0.29, 0.717) is 23.9 Å². The van der Waals surface area contributed by atoms with E-state index in [1.54, 1.807) is 30.3 Å². The SMILES string of the molecule is CN(C)C(=O)CN=C(NCc1cccs1)N1CCC(Oc2ccccc2Cl)C1. The number of aliphatic imine (C=N–C) groups is 1. The van der Waals surface area contributed by atoms with Gasteiger partial charge in [-0.25, -0.2) is 4.99 Å². The van der Waals surface area contributed by atoms with Gasteiger partial charge in [0.25, 0.3) is 0 Å². The van der Waals surface area contributed by atoms with Crippen molar-refractivity contribution in [3.8, 4) is 5.75 Å². The highest BCUT2D eigenvalue weighted by molar-refractivity contribution is 7.09. The molecule has 0 radical (unpaired) electrons. The monoisotopic (exact) mass is 420 g/mol. The largest absolute Gasteiger partial charge is 0.487 e. The van der Waals surface area contributed by atoms with Crippen molar-refractivity contribution in [2.45, 2.75) is 19.1 Å². The summed E-state index contributed by atoms with van der Waals surface area (Å²) in [4.78, 5) is 21.4. The maximum Gasteiger partial charge on any atom is 0.243 e. The second-order valence-corrected chi connectivity index (χ2v) is 8.21. The average Bonchev–Trinajstić information content (AvgIpc) is 3.35. The molecule has 1 saturated heterocycles. The average molecular weight is 421 g/mol. The molecule has 8 heteroatoms. The molecule has 1 aliphatic heterocycles. The van der Waals surface area contributed by atoms with Crippen LogP contribution in [-0.4, -0.2) is 61.5 Å². The summed E-state index contributed by atoms with van der Waals surface area (Å²) in [5.74, 6) is 1.40. The lowest BCUT2D eigenvalue weighted by Gasteiger charge is -2.22. The van der Waals surface area contributed by atoms with E-state index >= 15 is 0 Å². The van der Waals surface area contributed by atoms with Gasteiger partial charge in [0.05, 0.1) is 18.1 Å². The number of rotatable bonds is 6. The van der Waals surface area contributed by atoms with Gasteiger partial charge in [0.15, 0.2) is 5.96 Å². The molecule has 0 aliphatic carbocycles. The highest BCUT2D eigenvalue weighted by Crippen LogP contribution is 2.26. The number of ether oxygens (including phenoxy) is 1. The molecule has 1 amide bonds. The van der Waals surface area contributed by atoms with Crippen LogP contribution >= 0.6 is 22.9 Å². The molecule has 1 aliphatic rings. The van der Waals surface area contributed by atoms with Crippen molar-refractivity contribution in [2.75, 3.05) is 33.7 Å². The predicted octanol–water partition coefficient (Wildman–Crippen LogP) is 3.09. The number of nitrogens with one attached hydrogen (secondary N) is 1. The quantitative estimate of drug-likeness (QED) is 0.576. The van der Waals surface area contributed by atoms with Gasteiger partial charge in [-0.1, -0.05) is 29.8 Å². The van der Waals surface area contributed by atoms with Crippen molar-refractivity contribution in [2.24, 2.45) is 4.99 Å². The number of amides is 1. The van der Waals surface area contributed by atoms with Gasteiger partial charge in [-0.15, -0.1) is 11.3 Å². The molecule has 0 saturated carbocycles. The van der Waals surface area contributed by atoms with E-state index in [-0.39, 0.29) is 18.6 Å². The minimum absolute atomic E-state index is 0.0261. The molecule has 2 aromatic rings. The zero-order valence-corrected chi connectivity index (χ0v) is 17.7. The highest BCUT2D eigenvalue weighted by atomic mass is 35.5. The summed E-state index contributed by atoms with van der Waals surface area (Å²) >= 11 is 7.90. The standard InChI is InChI=1S/C20H25ClN4O2S/c1-24(2)19(26)13-23-20(22-12-16-6-5-11-28-16)25-10-9-15(14-25)27-18-8-4-3-7-17(18)21/h3-8,11,15H,9-10,12-14H2,1-2H3,(H,22,23). The Labute approximate surface area is 174 Å². The lowest BCUT2D eigenvalue weighted by atomic mass is 10.3. The van der Waals surface area contributed by atoms with Crippen molar-refractivity contribution >= 4 is 34.8 Å². The molecular weight excluding hydrogens is 396 g/mol. The van der Waals surface area contributed by atoms with Crippen molar-refractivity contribution in [1.29, 1.82) is 0 Å². The van der Waals surface area contributed by atoms with Crippen molar-refractivity contribution in [3.63, 3.8) is 0 Å². The maximum absolute atomic E-state index is 12.0. The van der Waals surface area contributed by atoms with Crippen LogP contribution in [-0.2, 0) is 11.3 Å². The molecular formula is C20H25ClN4O2S. The Kier molecular flexibility index (Phi) is 7.17. The van der Waals surface area contributed by atoms with Gasteiger partial charge in [0.1, 0.15) is 18.4 Å². The molecule has 1 aromatic heterocycles. The number of likely N-dealkylation sites (N-methyl/N-ethyl adjacent to an activating group) is 1. The van der Waals surface area contributed by atoms with E-state index in [1.807, 2.05) is 35.7 Å². The number of hydrogen-bond acceptors (Lipinski definition) is 4. The number of halogens is 1. The lowest BCUT2D eigenvalue weighted by molar-refractivity contribution is -0.127. The summed E-state index contributed by atoms with van der Waals surface area (Å²) in [7, 11) is 3.47. The van der Waals surface area contributed by atoms with Crippen LogP contribution in [0.3, 0.4) is 0 Å². The second kappa shape index (κ2) is 9.80. The fourth-order valence-corrected chi connectivity index (χ4v) is 3.69. The van der Waals surface area contributed by atoms with E-state index in [2.05, 4.69) is 21.3 Å². The third kappa shape index (κ3) is 5.62. The summed E-state index contributed by atoms with van der Waals surface area (Å²) in [5, 5.41) is 6.05. The Hall–Kier alpha value is -2.25. The fraction of sp³-hybridized carbons (Fsp3) is 0.400. The number of likely N-dealkylation sites (tertiary alicyclic amines) is 1. The van der Waals surface area contributed by atoms with Crippen LogP contribution in [0.15, 0.2) is 46.8 Å². The summed E-state index contributed by atoms with van der Waals surface area (Å²) in [6.45, 7) is 2.30. The number of hydrogen-bond donors (Lipinski definition) is 1. The molecule has 1 atom stereocenters. The Balaban J connectivity index is 1.64. The first-order chi connectivity index (χ1) is 13.5. The summed E-state index contributed by atoms with van der Waals surface area (Å²) in [6, 6.07) is 11.6. The molecule has 1 aromatic carbocycles. The summed E-state index contributed by atoms with van der Waals surface area (Å²) in [5.41, 5.74) is 0. The van der Waals surface area contributed by atoms with Gasteiger partial charge in [-0.05, 0) is 23.6 Å². The van der Waals surface area contributed by atoms with Crippen LogP contribution in [0.25, 0.3) is 0 Å². The Morgan fingerprint density at radius 1 is 1.36 bits per heavy atom. The number of carbonyl (C=O) groups is 1. The molecule has 0 bridgehead atoms. The van der Waals surface area contributed by atoms with Gasteiger partial charge < -0.3 is 19.9 Å². The summed E-state index contributed by atoms with van der Waals surface area (Å²) in [6.07, 6.45) is 0.894.